The fourth-order valence-electron chi connectivity index (χ4n) is 3.89. The van der Waals surface area contributed by atoms with Crippen molar-refractivity contribution in [1.29, 1.82) is 0 Å². The van der Waals surface area contributed by atoms with Crippen LogP contribution in [0, 0.1) is 0 Å². The van der Waals surface area contributed by atoms with E-state index in [4.69, 9.17) is 4.74 Å². The van der Waals surface area contributed by atoms with E-state index in [1.165, 1.54) is 22.1 Å². The number of nitrogens with one attached hydrogen (secondary N) is 1. The van der Waals surface area contributed by atoms with Crippen molar-refractivity contribution in [3.8, 4) is 0 Å². The maximum atomic E-state index is 13.3. The van der Waals surface area contributed by atoms with Gasteiger partial charge in [0.05, 0.1) is 19.3 Å². The van der Waals surface area contributed by atoms with Crippen LogP contribution in [0.25, 0.3) is 0 Å². The van der Waals surface area contributed by atoms with Crippen molar-refractivity contribution in [3.05, 3.63) is 75.7 Å². The molecule has 1 aliphatic rings. The number of carbonyl (C=O) groups excluding carboxylic acids is 1. The van der Waals surface area contributed by atoms with E-state index in [9.17, 15) is 13.2 Å². The molecule has 0 saturated carbocycles. The molecule has 1 aromatic carbocycles. The summed E-state index contributed by atoms with van der Waals surface area (Å²) in [4.78, 5) is 14.4. The first-order valence-corrected chi connectivity index (χ1v) is 13.3. The van der Waals surface area contributed by atoms with E-state index in [2.05, 4.69) is 31.3 Å². The van der Waals surface area contributed by atoms with E-state index < -0.39 is 10.0 Å². The number of rotatable bonds is 7. The predicted molar refractivity (Wildman–Crippen MR) is 129 cm³/mol. The van der Waals surface area contributed by atoms with Gasteiger partial charge >= 0.3 is 0 Å². The second-order valence-corrected chi connectivity index (χ2v) is 11.3. The summed E-state index contributed by atoms with van der Waals surface area (Å²) in [5.74, 6) is 0.0938. The molecule has 1 atom stereocenters. The number of amides is 1. The van der Waals surface area contributed by atoms with Crippen LogP contribution in [-0.2, 0) is 21.8 Å². The molecule has 33 heavy (non-hydrogen) atoms. The minimum absolute atomic E-state index is 0.117. The first-order chi connectivity index (χ1) is 15.8. The molecule has 7 nitrogen and oxygen atoms in total. The number of aryl methyl sites for hydroxylation is 1. The fraction of sp³-hybridized carbons (Fsp3) is 0.375. The Balaban J connectivity index is 1.60. The minimum Gasteiger partial charge on any atom is -0.379 e. The largest absolute Gasteiger partial charge is 0.379 e. The quantitative estimate of drug-likeness (QED) is 0.550. The summed E-state index contributed by atoms with van der Waals surface area (Å²) >= 11 is 1.57. The Morgan fingerprint density at radius 1 is 1.09 bits per heavy atom. The molecule has 0 aliphatic carbocycles. The molecule has 2 aromatic heterocycles. The standard InChI is InChI=1S/C24H29N3O4S2/c1-17(2)18-6-8-19(9-7-18)23(22-5-4-14-32-22)25-24(28)21-15-20(16-26(21)3)33(29,30)27-10-12-31-13-11-27/h4-9,14-17,23H,10-13H2,1-3H3,(H,25,28). The summed E-state index contributed by atoms with van der Waals surface area (Å²) in [6.45, 7) is 5.66. The molecule has 1 unspecified atom stereocenters. The van der Waals surface area contributed by atoms with Crippen LogP contribution in [0.1, 0.15) is 52.3 Å². The molecule has 1 N–H and O–H groups in total. The third-order valence-corrected chi connectivity index (χ3v) is 8.66. The van der Waals surface area contributed by atoms with Crippen LogP contribution < -0.4 is 5.32 Å². The van der Waals surface area contributed by atoms with E-state index in [0.717, 1.165) is 10.4 Å². The summed E-state index contributed by atoms with van der Waals surface area (Å²) in [5, 5.41) is 5.09. The molecule has 9 heteroatoms. The molecule has 1 fully saturated rings. The van der Waals surface area contributed by atoms with Gasteiger partial charge in [0.2, 0.25) is 10.0 Å². The molecular weight excluding hydrogens is 458 g/mol. The van der Waals surface area contributed by atoms with Crippen LogP contribution >= 0.6 is 11.3 Å². The molecule has 176 valence electrons. The molecule has 4 rings (SSSR count). The average Bonchev–Trinajstić information content (AvgIpc) is 3.48. The van der Waals surface area contributed by atoms with Gasteiger partial charge in [0.25, 0.3) is 5.91 Å². The monoisotopic (exact) mass is 487 g/mol. The number of thiophene rings is 1. The number of hydrogen-bond acceptors (Lipinski definition) is 5. The van der Waals surface area contributed by atoms with Gasteiger partial charge in [-0.1, -0.05) is 44.2 Å². The van der Waals surface area contributed by atoms with Gasteiger partial charge in [-0.3, -0.25) is 4.79 Å². The predicted octanol–water partition coefficient (Wildman–Crippen LogP) is 3.75. The number of nitrogens with zero attached hydrogens (tertiary/aromatic N) is 2. The van der Waals surface area contributed by atoms with Crippen LogP contribution in [0.2, 0.25) is 0 Å². The van der Waals surface area contributed by atoms with Crippen LogP contribution in [0.5, 0.6) is 0 Å². The Morgan fingerprint density at radius 2 is 1.76 bits per heavy atom. The summed E-state index contributed by atoms with van der Waals surface area (Å²) in [5.41, 5.74) is 2.50. The molecule has 3 heterocycles. The molecule has 1 saturated heterocycles. The molecule has 3 aromatic rings. The lowest BCUT2D eigenvalue weighted by Crippen LogP contribution is -2.40. The Bertz CT molecular complexity index is 1190. The van der Waals surface area contributed by atoms with Gasteiger partial charge in [-0.2, -0.15) is 4.31 Å². The highest BCUT2D eigenvalue weighted by molar-refractivity contribution is 7.89. The van der Waals surface area contributed by atoms with Gasteiger partial charge in [-0.25, -0.2) is 8.42 Å². The van der Waals surface area contributed by atoms with Crippen molar-refractivity contribution in [2.45, 2.75) is 30.7 Å². The zero-order valence-electron chi connectivity index (χ0n) is 19.0. The topological polar surface area (TPSA) is 80.6 Å². The lowest BCUT2D eigenvalue weighted by atomic mass is 9.98. The third-order valence-electron chi connectivity index (χ3n) is 5.86. The van der Waals surface area contributed by atoms with Gasteiger partial charge in [-0.05, 0) is 34.6 Å². The normalized spacial score (nSPS) is 16.1. The van der Waals surface area contributed by atoms with Crippen molar-refractivity contribution >= 4 is 27.3 Å². The highest BCUT2D eigenvalue weighted by Crippen LogP contribution is 2.28. The number of aromatic nitrogens is 1. The number of carbonyl (C=O) groups is 1. The molecular formula is C24H29N3O4S2. The van der Waals surface area contributed by atoms with E-state index in [0.29, 0.717) is 37.9 Å². The van der Waals surface area contributed by atoms with Gasteiger partial charge in [0, 0.05) is 31.2 Å². The first kappa shape index (κ1) is 23.7. The van der Waals surface area contributed by atoms with Crippen LogP contribution in [0.4, 0.5) is 0 Å². The zero-order chi connectivity index (χ0) is 23.6. The third kappa shape index (κ3) is 5.06. The SMILES string of the molecule is CC(C)c1ccc(C(NC(=O)c2cc(S(=O)(=O)N3CCOCC3)cn2C)c2cccs2)cc1. The summed E-state index contributed by atoms with van der Waals surface area (Å²) in [6.07, 6.45) is 1.50. The van der Waals surface area contributed by atoms with Crippen molar-refractivity contribution < 1.29 is 17.9 Å². The van der Waals surface area contributed by atoms with Crippen molar-refractivity contribution in [2.24, 2.45) is 7.05 Å². The highest BCUT2D eigenvalue weighted by Gasteiger charge is 2.29. The second-order valence-electron chi connectivity index (χ2n) is 8.43. The van der Waals surface area contributed by atoms with Crippen LogP contribution in [0.15, 0.2) is 58.9 Å². The first-order valence-electron chi connectivity index (χ1n) is 11.0. The number of hydrogen-bond donors (Lipinski definition) is 1. The molecule has 0 bridgehead atoms. The van der Waals surface area contributed by atoms with E-state index in [1.54, 1.807) is 23.0 Å². The van der Waals surface area contributed by atoms with Gasteiger partial charge < -0.3 is 14.6 Å². The van der Waals surface area contributed by atoms with Gasteiger partial charge in [-0.15, -0.1) is 11.3 Å². The summed E-state index contributed by atoms with van der Waals surface area (Å²) in [6, 6.07) is 13.3. The number of ether oxygens (including phenoxy) is 1. The molecule has 0 spiro atoms. The van der Waals surface area contributed by atoms with Crippen LogP contribution in [-0.4, -0.2) is 49.5 Å². The zero-order valence-corrected chi connectivity index (χ0v) is 20.7. The van der Waals surface area contributed by atoms with E-state index in [-0.39, 0.29) is 16.8 Å². The van der Waals surface area contributed by atoms with Crippen LogP contribution in [0.3, 0.4) is 0 Å². The second kappa shape index (κ2) is 9.80. The highest BCUT2D eigenvalue weighted by atomic mass is 32.2. The minimum atomic E-state index is -3.68. The molecule has 0 radical (unpaired) electrons. The lowest BCUT2D eigenvalue weighted by molar-refractivity contribution is 0.0730. The van der Waals surface area contributed by atoms with E-state index >= 15 is 0 Å². The van der Waals surface area contributed by atoms with Crippen molar-refractivity contribution in [1.82, 2.24) is 14.2 Å². The maximum Gasteiger partial charge on any atom is 0.268 e. The fourth-order valence-corrected chi connectivity index (χ4v) is 6.17. The molecule has 1 amide bonds. The Labute approximate surface area is 199 Å². The van der Waals surface area contributed by atoms with Crippen molar-refractivity contribution in [2.75, 3.05) is 26.3 Å². The number of benzene rings is 1. The smallest absolute Gasteiger partial charge is 0.268 e. The molecule has 1 aliphatic heterocycles. The summed E-state index contributed by atoms with van der Waals surface area (Å²) in [7, 11) is -1.99. The Kier molecular flexibility index (Phi) is 7.04. The Morgan fingerprint density at radius 3 is 2.36 bits per heavy atom. The lowest BCUT2D eigenvalue weighted by Gasteiger charge is -2.25. The maximum absolute atomic E-state index is 13.3. The number of morpholine rings is 1. The average molecular weight is 488 g/mol. The Hall–Kier alpha value is -2.46. The van der Waals surface area contributed by atoms with Crippen molar-refractivity contribution in [3.63, 3.8) is 0 Å². The van der Waals surface area contributed by atoms with Gasteiger partial charge in [0.1, 0.15) is 10.6 Å². The number of sulfonamides is 1. The van der Waals surface area contributed by atoms with E-state index in [1.807, 2.05) is 29.6 Å². The summed E-state index contributed by atoms with van der Waals surface area (Å²) < 4.78 is 34.3. The van der Waals surface area contributed by atoms with Gasteiger partial charge in [0.15, 0.2) is 0 Å².